The molecule has 90 valence electrons. The summed E-state index contributed by atoms with van der Waals surface area (Å²) in [6, 6.07) is 2.14. The van der Waals surface area contributed by atoms with Crippen molar-refractivity contribution in [2.45, 2.75) is 5.75 Å². The third-order valence-electron chi connectivity index (χ3n) is 2.79. The number of thiophene rings is 1. The standard InChI is InChI=1S/C12H14N2S3/c1-2-15-6-10(1)12-14-11(8-17-12)7-16-5-9-3-13-4-9/h1-2,6,8-9,13H,3-5,7H2. The monoisotopic (exact) mass is 282 g/mol. The second-order valence-electron chi connectivity index (χ2n) is 4.20. The number of thioether (sulfide) groups is 1. The Labute approximate surface area is 113 Å². The highest BCUT2D eigenvalue weighted by molar-refractivity contribution is 7.98. The van der Waals surface area contributed by atoms with Crippen LogP contribution in [0.25, 0.3) is 10.6 Å². The molecule has 0 atom stereocenters. The van der Waals surface area contributed by atoms with E-state index in [0.29, 0.717) is 0 Å². The molecule has 0 saturated carbocycles. The van der Waals surface area contributed by atoms with E-state index in [2.05, 4.69) is 32.5 Å². The summed E-state index contributed by atoms with van der Waals surface area (Å²) in [5.41, 5.74) is 2.49. The van der Waals surface area contributed by atoms with Gasteiger partial charge in [-0.25, -0.2) is 4.98 Å². The molecule has 0 aliphatic carbocycles. The zero-order chi connectivity index (χ0) is 11.5. The highest BCUT2D eigenvalue weighted by atomic mass is 32.2. The fourth-order valence-electron chi connectivity index (χ4n) is 1.69. The average molecular weight is 282 g/mol. The van der Waals surface area contributed by atoms with E-state index < -0.39 is 0 Å². The van der Waals surface area contributed by atoms with Gasteiger partial charge in [-0.3, -0.25) is 0 Å². The molecule has 1 aliphatic heterocycles. The zero-order valence-corrected chi connectivity index (χ0v) is 11.8. The van der Waals surface area contributed by atoms with E-state index in [0.717, 1.165) is 16.7 Å². The Bertz CT molecular complexity index is 460. The normalized spacial score (nSPS) is 16.0. The van der Waals surface area contributed by atoms with Gasteiger partial charge in [-0.1, -0.05) is 0 Å². The van der Waals surface area contributed by atoms with Gasteiger partial charge in [0.05, 0.1) is 5.69 Å². The van der Waals surface area contributed by atoms with Crippen molar-refractivity contribution in [3.8, 4) is 10.6 Å². The van der Waals surface area contributed by atoms with Crippen molar-refractivity contribution < 1.29 is 0 Å². The summed E-state index contributed by atoms with van der Waals surface area (Å²) in [6.45, 7) is 2.40. The summed E-state index contributed by atoms with van der Waals surface area (Å²) in [7, 11) is 0. The quantitative estimate of drug-likeness (QED) is 0.910. The van der Waals surface area contributed by atoms with E-state index in [4.69, 9.17) is 0 Å². The van der Waals surface area contributed by atoms with Crippen molar-refractivity contribution in [1.29, 1.82) is 0 Å². The van der Waals surface area contributed by atoms with Crippen molar-refractivity contribution >= 4 is 34.4 Å². The van der Waals surface area contributed by atoms with E-state index in [9.17, 15) is 0 Å². The summed E-state index contributed by atoms with van der Waals surface area (Å²) in [5.74, 6) is 3.20. The van der Waals surface area contributed by atoms with Crippen LogP contribution >= 0.6 is 34.4 Å². The molecule has 2 nitrogen and oxygen atoms in total. The summed E-state index contributed by atoms with van der Waals surface area (Å²) in [4.78, 5) is 4.68. The first-order chi connectivity index (χ1) is 8.42. The molecule has 0 unspecified atom stereocenters. The lowest BCUT2D eigenvalue weighted by Gasteiger charge is -2.26. The minimum atomic E-state index is 0.884. The lowest BCUT2D eigenvalue weighted by molar-refractivity contribution is 0.385. The SMILES string of the molecule is c1cc(-c2nc(CSCC3CNC3)cs2)cs1. The second-order valence-corrected chi connectivity index (χ2v) is 6.86. The molecular formula is C12H14N2S3. The predicted octanol–water partition coefficient (Wildman–Crippen LogP) is 3.32. The maximum atomic E-state index is 4.68. The molecule has 1 aliphatic rings. The van der Waals surface area contributed by atoms with Gasteiger partial charge in [0.2, 0.25) is 0 Å². The highest BCUT2D eigenvalue weighted by Crippen LogP contribution is 2.27. The molecule has 2 aromatic rings. The van der Waals surface area contributed by atoms with Gasteiger partial charge < -0.3 is 5.32 Å². The number of hydrogen-bond acceptors (Lipinski definition) is 5. The first-order valence-electron chi connectivity index (χ1n) is 5.67. The fraction of sp³-hybridized carbons (Fsp3) is 0.417. The van der Waals surface area contributed by atoms with Crippen LogP contribution in [0.2, 0.25) is 0 Å². The van der Waals surface area contributed by atoms with Gasteiger partial charge in [0.1, 0.15) is 5.01 Å². The molecule has 5 heteroatoms. The Kier molecular flexibility index (Phi) is 3.80. The molecule has 0 radical (unpaired) electrons. The minimum Gasteiger partial charge on any atom is -0.316 e. The zero-order valence-electron chi connectivity index (χ0n) is 9.39. The van der Waals surface area contributed by atoms with Crippen LogP contribution in [-0.2, 0) is 5.75 Å². The number of aromatic nitrogens is 1. The summed E-state index contributed by atoms with van der Waals surface area (Å²) < 4.78 is 0. The number of nitrogens with zero attached hydrogens (tertiary/aromatic N) is 1. The molecule has 1 fully saturated rings. The Morgan fingerprint density at radius 1 is 1.41 bits per heavy atom. The van der Waals surface area contributed by atoms with Gasteiger partial charge in [-0.2, -0.15) is 23.1 Å². The average Bonchev–Trinajstić information content (AvgIpc) is 2.91. The third-order valence-corrected chi connectivity index (χ3v) is 5.62. The number of thiazole rings is 1. The summed E-state index contributed by atoms with van der Waals surface area (Å²) in [5, 5.41) is 10.9. The highest BCUT2D eigenvalue weighted by Gasteiger charge is 2.16. The second kappa shape index (κ2) is 5.52. The van der Waals surface area contributed by atoms with Gasteiger partial charge >= 0.3 is 0 Å². The maximum Gasteiger partial charge on any atom is 0.124 e. The van der Waals surface area contributed by atoms with E-state index in [1.54, 1.807) is 22.7 Å². The van der Waals surface area contributed by atoms with Crippen LogP contribution in [0, 0.1) is 5.92 Å². The van der Waals surface area contributed by atoms with Crippen LogP contribution < -0.4 is 5.32 Å². The molecule has 0 bridgehead atoms. The van der Waals surface area contributed by atoms with Crippen LogP contribution in [0.5, 0.6) is 0 Å². The van der Waals surface area contributed by atoms with Gasteiger partial charge in [0.15, 0.2) is 0 Å². The molecule has 2 aromatic heterocycles. The first kappa shape index (κ1) is 11.7. The Balaban J connectivity index is 1.53. The van der Waals surface area contributed by atoms with Crippen LogP contribution in [-0.4, -0.2) is 23.8 Å². The number of hydrogen-bond donors (Lipinski definition) is 1. The van der Waals surface area contributed by atoms with E-state index >= 15 is 0 Å². The summed E-state index contributed by atoms with van der Waals surface area (Å²) in [6.07, 6.45) is 0. The Morgan fingerprint density at radius 2 is 2.35 bits per heavy atom. The van der Waals surface area contributed by atoms with Crippen LogP contribution in [0.3, 0.4) is 0 Å². The number of nitrogens with one attached hydrogen (secondary N) is 1. The molecule has 0 spiro atoms. The Hall–Kier alpha value is -0.360. The van der Waals surface area contributed by atoms with Crippen LogP contribution in [0.1, 0.15) is 5.69 Å². The maximum absolute atomic E-state index is 4.68. The Morgan fingerprint density at radius 3 is 3.06 bits per heavy atom. The molecule has 0 amide bonds. The first-order valence-corrected chi connectivity index (χ1v) is 8.65. The topological polar surface area (TPSA) is 24.9 Å². The smallest absolute Gasteiger partial charge is 0.124 e. The molecule has 3 rings (SSSR count). The lowest BCUT2D eigenvalue weighted by atomic mass is 10.1. The number of rotatable bonds is 5. The largest absolute Gasteiger partial charge is 0.316 e. The molecule has 3 heterocycles. The van der Waals surface area contributed by atoms with Crippen molar-refractivity contribution in [1.82, 2.24) is 10.3 Å². The predicted molar refractivity (Wildman–Crippen MR) is 77.9 cm³/mol. The van der Waals surface area contributed by atoms with Crippen molar-refractivity contribution in [2.75, 3.05) is 18.8 Å². The van der Waals surface area contributed by atoms with Crippen molar-refractivity contribution in [2.24, 2.45) is 5.92 Å². The van der Waals surface area contributed by atoms with E-state index in [1.165, 1.54) is 30.1 Å². The van der Waals surface area contributed by atoms with E-state index in [1.807, 2.05) is 11.8 Å². The van der Waals surface area contributed by atoms with Crippen molar-refractivity contribution in [3.05, 3.63) is 27.9 Å². The summed E-state index contributed by atoms with van der Waals surface area (Å²) >= 11 is 5.49. The van der Waals surface area contributed by atoms with Gasteiger partial charge in [-0.05, 0) is 36.2 Å². The molecule has 1 saturated heterocycles. The molecule has 0 aromatic carbocycles. The van der Waals surface area contributed by atoms with Crippen molar-refractivity contribution in [3.63, 3.8) is 0 Å². The van der Waals surface area contributed by atoms with E-state index in [-0.39, 0.29) is 0 Å². The molecule has 17 heavy (non-hydrogen) atoms. The molecule has 1 N–H and O–H groups in total. The van der Waals surface area contributed by atoms with Gasteiger partial charge in [0, 0.05) is 22.1 Å². The van der Waals surface area contributed by atoms with Crippen LogP contribution in [0.15, 0.2) is 22.2 Å². The fourth-order valence-corrected chi connectivity index (χ4v) is 4.37. The lowest BCUT2D eigenvalue weighted by Crippen LogP contribution is -2.43. The van der Waals surface area contributed by atoms with Gasteiger partial charge in [0.25, 0.3) is 0 Å². The van der Waals surface area contributed by atoms with Gasteiger partial charge in [-0.15, -0.1) is 11.3 Å². The molecular weight excluding hydrogens is 268 g/mol. The third kappa shape index (κ3) is 2.91. The minimum absolute atomic E-state index is 0.884. The van der Waals surface area contributed by atoms with Crippen LogP contribution in [0.4, 0.5) is 0 Å².